The van der Waals surface area contributed by atoms with Crippen LogP contribution in [0.3, 0.4) is 0 Å². The molecule has 0 aromatic heterocycles. The molecular formula is C25H23F3O2. The van der Waals surface area contributed by atoms with Crippen LogP contribution in [0.1, 0.15) is 46.3 Å². The molecule has 5 heteroatoms. The van der Waals surface area contributed by atoms with E-state index in [2.05, 4.69) is 6.07 Å². The van der Waals surface area contributed by atoms with Crippen molar-refractivity contribution in [3.63, 3.8) is 0 Å². The number of aliphatic hydroxyl groups is 1. The Bertz CT molecular complexity index is 979. The predicted molar refractivity (Wildman–Crippen MR) is 109 cm³/mol. The highest BCUT2D eigenvalue weighted by Gasteiger charge is 2.27. The molecule has 0 saturated carbocycles. The molecular weight excluding hydrogens is 389 g/mol. The van der Waals surface area contributed by atoms with Crippen LogP contribution < -0.4 is 4.74 Å². The van der Waals surface area contributed by atoms with Gasteiger partial charge in [-0.1, -0.05) is 60.7 Å². The third-order valence-corrected chi connectivity index (χ3v) is 5.57. The maximum Gasteiger partial charge on any atom is 0.393 e. The van der Waals surface area contributed by atoms with E-state index in [1.807, 2.05) is 42.5 Å². The van der Waals surface area contributed by atoms with Crippen LogP contribution in [0.25, 0.3) is 0 Å². The predicted octanol–water partition coefficient (Wildman–Crippen LogP) is 6.13. The second-order valence-corrected chi connectivity index (χ2v) is 7.82. The van der Waals surface area contributed by atoms with E-state index in [0.717, 1.165) is 23.1 Å². The van der Waals surface area contributed by atoms with Gasteiger partial charge in [0, 0.05) is 0 Å². The normalized spacial score (nSPS) is 18.7. The number of halogens is 3. The molecule has 4 rings (SSSR count). The first-order valence-corrected chi connectivity index (χ1v) is 10.0. The highest BCUT2D eigenvalue weighted by molar-refractivity contribution is 5.37. The SMILES string of the molecule is OC1CC(c2ccc(OCc3ccc(CC(F)(F)F)cc3)cc2)Cc2ccccc21. The van der Waals surface area contributed by atoms with Gasteiger partial charge in [0.2, 0.25) is 0 Å². The first-order valence-electron chi connectivity index (χ1n) is 10.0. The second-order valence-electron chi connectivity index (χ2n) is 7.82. The van der Waals surface area contributed by atoms with Crippen LogP contribution in [0.5, 0.6) is 5.75 Å². The first-order chi connectivity index (χ1) is 14.4. The van der Waals surface area contributed by atoms with E-state index in [9.17, 15) is 18.3 Å². The molecule has 0 spiro atoms. The molecule has 0 heterocycles. The van der Waals surface area contributed by atoms with Crippen LogP contribution in [-0.2, 0) is 19.4 Å². The minimum absolute atomic E-state index is 0.242. The van der Waals surface area contributed by atoms with Crippen LogP contribution in [-0.4, -0.2) is 11.3 Å². The quantitative estimate of drug-likeness (QED) is 0.546. The van der Waals surface area contributed by atoms with Gasteiger partial charge in [-0.25, -0.2) is 0 Å². The van der Waals surface area contributed by atoms with E-state index in [1.54, 1.807) is 12.1 Å². The highest BCUT2D eigenvalue weighted by atomic mass is 19.4. The average Bonchev–Trinajstić information content (AvgIpc) is 2.72. The fourth-order valence-corrected chi connectivity index (χ4v) is 4.03. The number of ether oxygens (including phenoxy) is 1. The minimum atomic E-state index is -4.20. The molecule has 0 radical (unpaired) electrons. The van der Waals surface area contributed by atoms with Crippen LogP contribution in [0.4, 0.5) is 13.2 Å². The lowest BCUT2D eigenvalue weighted by molar-refractivity contribution is -0.127. The van der Waals surface area contributed by atoms with E-state index in [4.69, 9.17) is 4.74 Å². The lowest BCUT2D eigenvalue weighted by atomic mass is 9.79. The maximum absolute atomic E-state index is 12.4. The van der Waals surface area contributed by atoms with Gasteiger partial charge in [0.15, 0.2) is 0 Å². The van der Waals surface area contributed by atoms with Gasteiger partial charge in [0.05, 0.1) is 12.5 Å². The van der Waals surface area contributed by atoms with Gasteiger partial charge in [0.1, 0.15) is 12.4 Å². The van der Waals surface area contributed by atoms with Crippen molar-refractivity contribution >= 4 is 0 Å². The van der Waals surface area contributed by atoms with Crippen molar-refractivity contribution < 1.29 is 23.0 Å². The zero-order valence-electron chi connectivity index (χ0n) is 16.4. The van der Waals surface area contributed by atoms with Gasteiger partial charge in [-0.05, 0) is 58.7 Å². The maximum atomic E-state index is 12.4. The minimum Gasteiger partial charge on any atom is -0.489 e. The molecule has 1 aliphatic carbocycles. The molecule has 2 nitrogen and oxygen atoms in total. The molecule has 3 aromatic rings. The van der Waals surface area contributed by atoms with E-state index < -0.39 is 18.7 Å². The number of alkyl halides is 3. The molecule has 2 unspecified atom stereocenters. The molecule has 2 atom stereocenters. The van der Waals surface area contributed by atoms with Crippen LogP contribution in [0.15, 0.2) is 72.8 Å². The molecule has 3 aromatic carbocycles. The summed E-state index contributed by atoms with van der Waals surface area (Å²) in [6.07, 6.45) is -3.97. The van der Waals surface area contributed by atoms with Crippen molar-refractivity contribution in [2.75, 3.05) is 0 Å². The first kappa shape index (κ1) is 20.5. The van der Waals surface area contributed by atoms with Crippen molar-refractivity contribution in [2.45, 2.75) is 44.1 Å². The molecule has 0 aliphatic heterocycles. The molecule has 0 saturated heterocycles. The summed E-state index contributed by atoms with van der Waals surface area (Å²) in [7, 11) is 0. The second kappa shape index (κ2) is 8.52. The van der Waals surface area contributed by atoms with Crippen molar-refractivity contribution in [2.24, 2.45) is 0 Å². The Labute approximate surface area is 173 Å². The van der Waals surface area contributed by atoms with Gasteiger partial charge < -0.3 is 9.84 Å². The van der Waals surface area contributed by atoms with E-state index in [-0.39, 0.29) is 11.5 Å². The topological polar surface area (TPSA) is 29.5 Å². The van der Waals surface area contributed by atoms with Gasteiger partial charge in [-0.15, -0.1) is 0 Å². The van der Waals surface area contributed by atoms with Crippen LogP contribution in [0, 0.1) is 0 Å². The molecule has 1 N–H and O–H groups in total. The smallest absolute Gasteiger partial charge is 0.393 e. The van der Waals surface area contributed by atoms with Crippen molar-refractivity contribution in [1.82, 2.24) is 0 Å². The monoisotopic (exact) mass is 412 g/mol. The summed E-state index contributed by atoms with van der Waals surface area (Å²) in [6.45, 7) is 0.293. The summed E-state index contributed by atoms with van der Waals surface area (Å²) in [5, 5.41) is 10.5. The lowest BCUT2D eigenvalue weighted by Gasteiger charge is -2.29. The third-order valence-electron chi connectivity index (χ3n) is 5.57. The van der Waals surface area contributed by atoms with Crippen LogP contribution in [0.2, 0.25) is 0 Å². The molecule has 156 valence electrons. The van der Waals surface area contributed by atoms with Crippen LogP contribution >= 0.6 is 0 Å². The Hall–Kier alpha value is -2.79. The van der Waals surface area contributed by atoms with Gasteiger partial charge >= 0.3 is 6.18 Å². The lowest BCUT2D eigenvalue weighted by Crippen LogP contribution is -2.17. The molecule has 0 amide bonds. The summed E-state index contributed by atoms with van der Waals surface area (Å²) in [6, 6.07) is 22.2. The summed E-state index contributed by atoms with van der Waals surface area (Å²) < 4.78 is 43.1. The number of hydrogen-bond acceptors (Lipinski definition) is 2. The fraction of sp³-hybridized carbons (Fsp3) is 0.280. The summed E-state index contributed by atoms with van der Waals surface area (Å²) >= 11 is 0. The van der Waals surface area contributed by atoms with Gasteiger partial charge in [0.25, 0.3) is 0 Å². The standard InChI is InChI=1S/C25H23F3O2/c26-25(27,28)15-17-5-7-18(8-6-17)16-30-22-11-9-19(10-12-22)21-13-20-3-1-2-4-23(20)24(29)14-21/h1-12,21,24,29H,13-16H2. The molecule has 30 heavy (non-hydrogen) atoms. The summed E-state index contributed by atoms with van der Waals surface area (Å²) in [5.74, 6) is 0.958. The highest BCUT2D eigenvalue weighted by Crippen LogP contribution is 2.38. The van der Waals surface area contributed by atoms with Crippen molar-refractivity contribution in [3.8, 4) is 5.75 Å². The molecule has 1 aliphatic rings. The Kier molecular flexibility index (Phi) is 5.82. The summed E-state index contributed by atoms with van der Waals surface area (Å²) in [4.78, 5) is 0. The third kappa shape index (κ3) is 5.03. The Morgan fingerprint density at radius 2 is 1.53 bits per heavy atom. The fourth-order valence-electron chi connectivity index (χ4n) is 4.03. The van der Waals surface area contributed by atoms with Gasteiger partial charge in [-0.2, -0.15) is 13.2 Å². The number of hydrogen-bond donors (Lipinski definition) is 1. The average molecular weight is 412 g/mol. The summed E-state index contributed by atoms with van der Waals surface area (Å²) in [5.41, 5.74) is 4.43. The van der Waals surface area contributed by atoms with Crippen molar-refractivity contribution in [3.05, 3.63) is 101 Å². The number of aliphatic hydroxyl groups excluding tert-OH is 1. The zero-order chi connectivity index (χ0) is 21.1. The largest absolute Gasteiger partial charge is 0.489 e. The number of rotatable bonds is 5. The Balaban J connectivity index is 1.35. The van der Waals surface area contributed by atoms with Crippen molar-refractivity contribution in [1.29, 1.82) is 0 Å². The molecule has 0 fully saturated rings. The van der Waals surface area contributed by atoms with Gasteiger partial charge in [-0.3, -0.25) is 0 Å². The number of fused-ring (bicyclic) bond motifs is 1. The Morgan fingerprint density at radius 3 is 2.23 bits per heavy atom. The van der Waals surface area contributed by atoms with E-state index in [0.29, 0.717) is 18.8 Å². The Morgan fingerprint density at radius 1 is 0.867 bits per heavy atom. The zero-order valence-corrected chi connectivity index (χ0v) is 16.4. The molecule has 0 bridgehead atoms. The number of benzene rings is 3. The van der Waals surface area contributed by atoms with E-state index in [1.165, 1.54) is 17.7 Å². The van der Waals surface area contributed by atoms with E-state index >= 15 is 0 Å².